The van der Waals surface area contributed by atoms with Crippen LogP contribution in [-0.4, -0.2) is 57.7 Å². The van der Waals surface area contributed by atoms with Crippen molar-refractivity contribution in [3.05, 3.63) is 42.5 Å². The van der Waals surface area contributed by atoms with Gasteiger partial charge in [0.25, 0.3) is 0 Å². The first-order valence-corrected chi connectivity index (χ1v) is 11.4. The predicted octanol–water partition coefficient (Wildman–Crippen LogP) is 1.19. The molecule has 28 heavy (non-hydrogen) atoms. The van der Waals surface area contributed by atoms with Crippen LogP contribution in [0.2, 0.25) is 0 Å². The molecule has 1 atom stereocenters. The van der Waals surface area contributed by atoms with Gasteiger partial charge < -0.3 is 5.32 Å². The molecule has 0 saturated carbocycles. The summed E-state index contributed by atoms with van der Waals surface area (Å²) in [5, 5.41) is 2.41. The van der Waals surface area contributed by atoms with E-state index in [-0.39, 0.29) is 17.9 Å². The van der Waals surface area contributed by atoms with Crippen molar-refractivity contribution in [3.63, 3.8) is 0 Å². The van der Waals surface area contributed by atoms with Crippen LogP contribution >= 0.6 is 0 Å². The molecule has 1 aliphatic rings. The molecule has 0 bridgehead atoms. The van der Waals surface area contributed by atoms with E-state index in [0.717, 1.165) is 24.3 Å². The monoisotopic (exact) mass is 440 g/mol. The lowest BCUT2D eigenvalue weighted by molar-refractivity contribution is -0.139. The maximum absolute atomic E-state index is 13.2. The number of halogens is 3. The summed E-state index contributed by atoms with van der Waals surface area (Å²) in [5.41, 5.74) is -1.34. The average Bonchev–Trinajstić information content (AvgIpc) is 2.92. The number of sulfone groups is 1. The minimum Gasteiger partial charge on any atom is -0.351 e. The Hall–Kier alpha value is -1.92. The van der Waals surface area contributed by atoms with Crippen LogP contribution < -0.4 is 5.32 Å². The molecule has 0 aromatic heterocycles. The molecule has 1 fully saturated rings. The number of nitrogens with one attached hydrogen (secondary N) is 1. The van der Waals surface area contributed by atoms with Gasteiger partial charge in [-0.3, -0.25) is 4.79 Å². The van der Waals surface area contributed by atoms with Crippen LogP contribution in [0.3, 0.4) is 0 Å². The zero-order valence-corrected chi connectivity index (χ0v) is 16.3. The Balaban J connectivity index is 2.25. The van der Waals surface area contributed by atoms with Gasteiger partial charge in [0.2, 0.25) is 15.9 Å². The number of amides is 1. The van der Waals surface area contributed by atoms with Gasteiger partial charge >= 0.3 is 6.18 Å². The Morgan fingerprint density at radius 1 is 1.32 bits per heavy atom. The molecule has 0 spiro atoms. The molecule has 1 saturated heterocycles. The second kappa shape index (κ2) is 8.21. The molecular formula is C16H19F3N2O5S2. The number of nitrogens with zero attached hydrogens (tertiary/aromatic N) is 1. The number of carbonyl (C=O) groups is 1. The van der Waals surface area contributed by atoms with Gasteiger partial charge in [0.05, 0.1) is 28.5 Å². The quantitative estimate of drug-likeness (QED) is 0.642. The van der Waals surface area contributed by atoms with Gasteiger partial charge in [0.1, 0.15) is 0 Å². The molecule has 1 aromatic rings. The molecule has 0 radical (unpaired) electrons. The van der Waals surface area contributed by atoms with Gasteiger partial charge in [-0.05, 0) is 18.6 Å². The lowest BCUT2D eigenvalue weighted by atomic mass is 10.2. The smallest absolute Gasteiger partial charge is 0.351 e. The largest absolute Gasteiger partial charge is 0.417 e. The average molecular weight is 440 g/mol. The topological polar surface area (TPSA) is 101 Å². The van der Waals surface area contributed by atoms with Crippen molar-refractivity contribution in [2.24, 2.45) is 0 Å². The molecule has 1 aliphatic heterocycles. The molecule has 12 heteroatoms. The van der Waals surface area contributed by atoms with Crippen molar-refractivity contribution in [1.82, 2.24) is 9.62 Å². The van der Waals surface area contributed by atoms with Crippen LogP contribution in [0.25, 0.3) is 0 Å². The highest BCUT2D eigenvalue weighted by Crippen LogP contribution is 2.35. The van der Waals surface area contributed by atoms with Crippen LogP contribution in [0.15, 0.2) is 41.8 Å². The molecule has 0 unspecified atom stereocenters. The summed E-state index contributed by atoms with van der Waals surface area (Å²) in [6.07, 6.45) is -3.57. The molecular weight excluding hydrogens is 421 g/mol. The number of hydrogen-bond donors (Lipinski definition) is 1. The number of hydrogen-bond acceptors (Lipinski definition) is 5. The predicted molar refractivity (Wildman–Crippen MR) is 95.6 cm³/mol. The van der Waals surface area contributed by atoms with Crippen LogP contribution in [0.4, 0.5) is 13.2 Å². The number of carbonyl (C=O) groups excluding carboxylic acids is 1. The first kappa shape index (κ1) is 22.4. The van der Waals surface area contributed by atoms with E-state index in [4.69, 9.17) is 0 Å². The molecule has 7 nitrogen and oxygen atoms in total. The Labute approximate surface area is 161 Å². The van der Waals surface area contributed by atoms with Gasteiger partial charge in [-0.2, -0.15) is 17.5 Å². The normalized spacial score (nSPS) is 19.5. The number of sulfonamides is 1. The lowest BCUT2D eigenvalue weighted by Crippen LogP contribution is -2.44. The van der Waals surface area contributed by atoms with E-state index >= 15 is 0 Å². The first-order valence-electron chi connectivity index (χ1n) is 8.14. The Morgan fingerprint density at radius 3 is 2.50 bits per heavy atom. The standard InChI is InChI=1S/C16H19F3N2O5S2/c1-2-8-21(10-15(22)20-12-7-9-27(23,24)11-12)28(25,26)14-6-4-3-5-13(14)16(17,18)19/h2-6,12H,1,7-11H2,(H,20,22)/t12-/m0/s1. The third-order valence-electron chi connectivity index (χ3n) is 4.06. The molecule has 0 aliphatic carbocycles. The highest BCUT2D eigenvalue weighted by atomic mass is 32.2. The third kappa shape index (κ3) is 5.32. The van der Waals surface area contributed by atoms with Crippen molar-refractivity contribution in [2.75, 3.05) is 24.6 Å². The summed E-state index contributed by atoms with van der Waals surface area (Å²) in [7, 11) is -7.93. The summed E-state index contributed by atoms with van der Waals surface area (Å²) >= 11 is 0. The van der Waals surface area contributed by atoms with Crippen LogP contribution in [0.5, 0.6) is 0 Å². The molecule has 2 rings (SSSR count). The van der Waals surface area contributed by atoms with Crippen LogP contribution in [-0.2, 0) is 30.8 Å². The zero-order chi connectivity index (χ0) is 21.2. The van der Waals surface area contributed by atoms with Crippen molar-refractivity contribution in [2.45, 2.75) is 23.5 Å². The van der Waals surface area contributed by atoms with Crippen molar-refractivity contribution in [1.29, 1.82) is 0 Å². The van der Waals surface area contributed by atoms with Gasteiger partial charge in [0, 0.05) is 12.6 Å². The molecule has 1 N–H and O–H groups in total. The molecule has 1 heterocycles. The van der Waals surface area contributed by atoms with E-state index in [1.807, 2.05) is 0 Å². The second-order valence-corrected chi connectivity index (χ2v) is 10.4. The zero-order valence-electron chi connectivity index (χ0n) is 14.6. The molecule has 1 amide bonds. The summed E-state index contributed by atoms with van der Waals surface area (Å²) in [4.78, 5) is 11.2. The SMILES string of the molecule is C=CCN(CC(=O)N[C@H]1CCS(=O)(=O)C1)S(=O)(=O)c1ccccc1C(F)(F)F. The highest BCUT2D eigenvalue weighted by Gasteiger charge is 2.39. The highest BCUT2D eigenvalue weighted by molar-refractivity contribution is 7.91. The fourth-order valence-corrected chi connectivity index (χ4v) is 6.05. The lowest BCUT2D eigenvalue weighted by Gasteiger charge is -2.23. The molecule has 156 valence electrons. The fourth-order valence-electron chi connectivity index (χ4n) is 2.80. The number of rotatable bonds is 7. The van der Waals surface area contributed by atoms with Gasteiger partial charge in [-0.1, -0.05) is 18.2 Å². The Kier molecular flexibility index (Phi) is 6.56. The summed E-state index contributed by atoms with van der Waals surface area (Å²) < 4.78 is 88.6. The first-order chi connectivity index (χ1) is 12.9. The Bertz CT molecular complexity index is 959. The second-order valence-electron chi connectivity index (χ2n) is 6.25. The van der Waals surface area contributed by atoms with Crippen molar-refractivity contribution < 1.29 is 34.8 Å². The summed E-state index contributed by atoms with van der Waals surface area (Å²) in [5.74, 6) is -1.16. The summed E-state index contributed by atoms with van der Waals surface area (Å²) in [6.45, 7) is 2.20. The number of alkyl halides is 3. The van der Waals surface area contributed by atoms with E-state index in [0.29, 0.717) is 10.4 Å². The van der Waals surface area contributed by atoms with E-state index in [1.165, 1.54) is 0 Å². The minimum atomic E-state index is -4.90. The van der Waals surface area contributed by atoms with Gasteiger partial charge in [0.15, 0.2) is 9.84 Å². The maximum Gasteiger partial charge on any atom is 0.417 e. The van der Waals surface area contributed by atoms with Gasteiger partial charge in [-0.25, -0.2) is 16.8 Å². The number of benzene rings is 1. The van der Waals surface area contributed by atoms with E-state index in [2.05, 4.69) is 11.9 Å². The fraction of sp³-hybridized carbons (Fsp3) is 0.438. The summed E-state index contributed by atoms with van der Waals surface area (Å²) in [6, 6.07) is 3.01. The van der Waals surface area contributed by atoms with E-state index < -0.39 is 61.5 Å². The third-order valence-corrected chi connectivity index (χ3v) is 7.70. The van der Waals surface area contributed by atoms with Crippen molar-refractivity contribution in [3.8, 4) is 0 Å². The van der Waals surface area contributed by atoms with Crippen molar-refractivity contribution >= 4 is 25.8 Å². The Morgan fingerprint density at radius 2 is 1.96 bits per heavy atom. The van der Waals surface area contributed by atoms with E-state index in [1.54, 1.807) is 0 Å². The maximum atomic E-state index is 13.2. The van der Waals surface area contributed by atoms with Crippen LogP contribution in [0.1, 0.15) is 12.0 Å². The van der Waals surface area contributed by atoms with Crippen LogP contribution in [0, 0.1) is 0 Å². The van der Waals surface area contributed by atoms with Gasteiger partial charge in [-0.15, -0.1) is 6.58 Å². The van der Waals surface area contributed by atoms with E-state index in [9.17, 15) is 34.8 Å². The molecule has 1 aromatic carbocycles. The minimum absolute atomic E-state index is 0.0917.